The van der Waals surface area contributed by atoms with Gasteiger partial charge in [-0.1, -0.05) is 90.2 Å². The van der Waals surface area contributed by atoms with Gasteiger partial charge in [0.2, 0.25) is 0 Å². The van der Waals surface area contributed by atoms with Crippen molar-refractivity contribution in [1.82, 2.24) is 0 Å². The van der Waals surface area contributed by atoms with Crippen LogP contribution >= 0.6 is 0 Å². The molecule has 0 N–H and O–H groups in total. The maximum Gasteiger partial charge on any atom is 0.391 e. The highest BCUT2D eigenvalue weighted by molar-refractivity contribution is 6.58. The van der Waals surface area contributed by atoms with Crippen molar-refractivity contribution in [3.63, 3.8) is 0 Å². The van der Waals surface area contributed by atoms with E-state index < -0.39 is 40.5 Å². The normalized spacial score (nSPS) is 13.9. The Labute approximate surface area is 204 Å². The van der Waals surface area contributed by atoms with Gasteiger partial charge in [0.25, 0.3) is 0 Å². The maximum atomic E-state index is 13.2. The van der Waals surface area contributed by atoms with Gasteiger partial charge in [0, 0.05) is 43.1 Å². The minimum absolute atomic E-state index is 0. The lowest BCUT2D eigenvalue weighted by Crippen LogP contribution is -2.24. The Morgan fingerprint density at radius 2 is 1.28 bits per heavy atom. The molecule has 0 aromatic carbocycles. The van der Waals surface area contributed by atoms with Gasteiger partial charge in [-0.25, -0.2) is 0 Å². The summed E-state index contributed by atoms with van der Waals surface area (Å²) in [4.78, 5) is 0. The van der Waals surface area contributed by atoms with E-state index in [0.717, 1.165) is 6.04 Å². The molecule has 0 aliphatic carbocycles. The molecule has 0 saturated carbocycles. The summed E-state index contributed by atoms with van der Waals surface area (Å²) in [6.45, 7) is 12.1. The highest BCUT2D eigenvalue weighted by Crippen LogP contribution is 2.26. The zero-order chi connectivity index (χ0) is 23.5. The van der Waals surface area contributed by atoms with E-state index in [9.17, 15) is 22.0 Å². The van der Waals surface area contributed by atoms with Crippen molar-refractivity contribution < 1.29 is 26.7 Å². The topological polar surface area (TPSA) is 9.23 Å². The predicted octanol–water partition coefficient (Wildman–Crippen LogP) is 7.54. The first-order chi connectivity index (χ1) is 14.0. The van der Waals surface area contributed by atoms with Gasteiger partial charge in [0.05, 0.1) is 13.0 Å². The van der Waals surface area contributed by atoms with Crippen LogP contribution in [-0.4, -0.2) is 55.5 Å². The van der Waals surface area contributed by atoms with Crippen molar-refractivity contribution in [2.75, 3.05) is 6.61 Å². The van der Waals surface area contributed by atoms with Gasteiger partial charge in [0.15, 0.2) is 0 Å². The number of allylic oxidation sites excluding steroid dienone is 1. The van der Waals surface area contributed by atoms with Crippen LogP contribution < -0.4 is 0 Å². The number of hydrogen-bond donors (Lipinski definition) is 0. The molecule has 32 heavy (non-hydrogen) atoms. The average molecular weight is 541 g/mol. The van der Waals surface area contributed by atoms with E-state index in [1.54, 1.807) is 12.1 Å². The van der Waals surface area contributed by atoms with Crippen LogP contribution in [0.3, 0.4) is 0 Å². The minimum Gasteiger partial charge on any atom is -0.320 e. The van der Waals surface area contributed by atoms with Gasteiger partial charge in [-0.05, 0) is 12.5 Å². The monoisotopic (exact) mass is 540 g/mol. The van der Waals surface area contributed by atoms with Crippen LogP contribution in [0.2, 0.25) is 62.5 Å². The Balaban J connectivity index is -0.000000279. The molecule has 0 aliphatic heterocycles. The molecule has 0 aliphatic rings. The van der Waals surface area contributed by atoms with E-state index in [2.05, 4.69) is 43.6 Å². The van der Waals surface area contributed by atoms with Crippen molar-refractivity contribution in [2.45, 2.75) is 122 Å². The fraction of sp³-hybridized carbons (Fsp3) is 0.909. The second-order valence-corrected chi connectivity index (χ2v) is 18.5. The number of alkyl halides is 5. The summed E-state index contributed by atoms with van der Waals surface area (Å²) < 4.78 is 65.9. The molecular weight excluding hydrogens is 488 g/mol. The highest BCUT2D eigenvalue weighted by Gasteiger charge is 2.33. The fourth-order valence-electron chi connectivity index (χ4n) is 3.08. The summed E-state index contributed by atoms with van der Waals surface area (Å²) in [5, 5.41) is 0. The molecule has 0 spiro atoms. The van der Waals surface area contributed by atoms with Gasteiger partial charge in [-0.15, -0.1) is 6.58 Å². The molecule has 10 heteroatoms. The van der Waals surface area contributed by atoms with Crippen molar-refractivity contribution in [3.05, 3.63) is 12.7 Å². The lowest BCUT2D eigenvalue weighted by Gasteiger charge is -2.18. The minimum atomic E-state index is -4.44. The quantitative estimate of drug-likeness (QED) is 0.0801. The Morgan fingerprint density at radius 3 is 1.72 bits per heavy atom. The summed E-state index contributed by atoms with van der Waals surface area (Å²) in [6, 6.07) is 7.76. The zero-order valence-electron chi connectivity index (χ0n) is 19.6. The molecule has 0 radical (unpaired) electrons. The molecule has 0 aromatic heterocycles. The van der Waals surface area contributed by atoms with Crippen LogP contribution in [0, 0.1) is 0 Å². The van der Waals surface area contributed by atoms with E-state index in [1.165, 1.54) is 31.0 Å². The predicted molar refractivity (Wildman–Crippen MR) is 147 cm³/mol. The highest BCUT2D eigenvalue weighted by atomic mass is 28.3. The first-order valence-corrected chi connectivity index (χ1v) is 22.1. The van der Waals surface area contributed by atoms with Crippen molar-refractivity contribution in [2.24, 2.45) is 0 Å². The van der Waals surface area contributed by atoms with Gasteiger partial charge in [0.1, 0.15) is 0 Å². The second kappa shape index (κ2) is 24.3. The van der Waals surface area contributed by atoms with Crippen LogP contribution in [0.4, 0.5) is 22.0 Å². The zero-order valence-corrected chi connectivity index (χ0v) is 24.8. The third kappa shape index (κ3) is 32.4. The lowest BCUT2D eigenvalue weighted by atomic mass is 10.3. The summed E-state index contributed by atoms with van der Waals surface area (Å²) in [5.74, 6) is 0. The van der Waals surface area contributed by atoms with E-state index in [0.29, 0.717) is 15.9 Å². The van der Waals surface area contributed by atoms with Crippen LogP contribution in [-0.2, 0) is 4.74 Å². The van der Waals surface area contributed by atoms with Crippen LogP contribution in [0.25, 0.3) is 0 Å². The van der Waals surface area contributed by atoms with Crippen molar-refractivity contribution >= 4 is 36.6 Å². The second-order valence-electron chi connectivity index (χ2n) is 8.47. The lowest BCUT2D eigenvalue weighted by molar-refractivity contribution is -0.254. The van der Waals surface area contributed by atoms with E-state index in [1.807, 2.05) is 0 Å². The molecule has 2 atom stereocenters. The SMILES string of the molecule is C.C.C=CC[SiH](C)CCC[SiH2]C.C[SiH2]CCC[SiH](C)CCCC(F)(F)OCCC(F)(F)F. The van der Waals surface area contributed by atoms with E-state index in [-0.39, 0.29) is 33.2 Å². The number of hydrogen-bond acceptors (Lipinski definition) is 1. The number of rotatable bonds is 17. The summed E-state index contributed by atoms with van der Waals surface area (Å²) in [7, 11) is -0.802. The van der Waals surface area contributed by atoms with Crippen LogP contribution in [0.1, 0.15) is 47.0 Å². The van der Waals surface area contributed by atoms with Crippen molar-refractivity contribution in [3.8, 4) is 0 Å². The Bertz CT molecular complexity index is 399. The van der Waals surface area contributed by atoms with Gasteiger partial charge in [-0.3, -0.25) is 0 Å². The molecule has 0 amide bonds. The Morgan fingerprint density at radius 1 is 0.812 bits per heavy atom. The summed E-state index contributed by atoms with van der Waals surface area (Å²) in [5.41, 5.74) is 0. The molecule has 0 heterocycles. The van der Waals surface area contributed by atoms with Crippen LogP contribution in [0.5, 0.6) is 0 Å². The standard InChI is InChI=1S/C12H25F5OSi2.C8H20Si2.2CH4/c1-19-8-4-10-20(2)9-3-5-12(16,17)18-7-6-11(13,14)15;1-4-7-10(3)8-5-6-9-2;;/h20H,3-10,19H2,1-2H3;4,10H,1,5-9H2,2-3H3;2*1H4. The third-order valence-corrected chi connectivity index (χ3v) is 12.8. The van der Waals surface area contributed by atoms with E-state index in [4.69, 9.17) is 0 Å². The maximum absolute atomic E-state index is 13.2. The molecule has 0 rings (SSSR count). The van der Waals surface area contributed by atoms with Gasteiger partial charge >= 0.3 is 12.3 Å². The third-order valence-electron chi connectivity index (χ3n) is 5.03. The van der Waals surface area contributed by atoms with Gasteiger partial charge in [-0.2, -0.15) is 22.0 Å². The molecular formula is C22H53F5OSi4. The molecule has 198 valence electrons. The fourth-order valence-corrected chi connectivity index (χ4v) is 9.77. The van der Waals surface area contributed by atoms with Crippen LogP contribution in [0.15, 0.2) is 12.7 Å². The number of ether oxygens (including phenoxy) is 1. The van der Waals surface area contributed by atoms with E-state index >= 15 is 0 Å². The van der Waals surface area contributed by atoms with Crippen molar-refractivity contribution in [1.29, 1.82) is 0 Å². The molecule has 0 bridgehead atoms. The number of halogens is 5. The molecule has 0 fully saturated rings. The Hall–Kier alpha value is 0.218. The smallest absolute Gasteiger partial charge is 0.320 e. The summed E-state index contributed by atoms with van der Waals surface area (Å²) >= 11 is 0. The molecule has 0 saturated heterocycles. The first-order valence-electron chi connectivity index (χ1n) is 11.7. The molecule has 0 aromatic rings. The Kier molecular flexibility index (Phi) is 30.0. The van der Waals surface area contributed by atoms with Gasteiger partial charge < -0.3 is 4.74 Å². The summed E-state index contributed by atoms with van der Waals surface area (Å²) in [6.07, 6.45) is -4.48. The average Bonchev–Trinajstić information content (AvgIpc) is 2.61. The molecule has 2 unspecified atom stereocenters. The first kappa shape index (κ1) is 39.4. The molecule has 1 nitrogen and oxygen atoms in total. The largest absolute Gasteiger partial charge is 0.391 e.